The van der Waals surface area contributed by atoms with Crippen LogP contribution < -0.4 is 10.6 Å². The highest BCUT2D eigenvalue weighted by Gasteiger charge is 2.24. The quantitative estimate of drug-likeness (QED) is 0.865. The van der Waals surface area contributed by atoms with Gasteiger partial charge in [0.15, 0.2) is 0 Å². The minimum absolute atomic E-state index is 0.225. The van der Waals surface area contributed by atoms with Gasteiger partial charge < -0.3 is 15.4 Å². The van der Waals surface area contributed by atoms with E-state index in [4.69, 9.17) is 4.74 Å². The van der Waals surface area contributed by atoms with Gasteiger partial charge in [0, 0.05) is 24.8 Å². The lowest BCUT2D eigenvalue weighted by atomic mass is 9.91. The van der Waals surface area contributed by atoms with Gasteiger partial charge in [-0.2, -0.15) is 0 Å². The van der Waals surface area contributed by atoms with Crippen molar-refractivity contribution < 1.29 is 9.53 Å². The maximum absolute atomic E-state index is 11.7. The number of hydrogen-bond acceptors (Lipinski definition) is 5. The maximum Gasteiger partial charge on any atom is 0.407 e. The predicted molar refractivity (Wildman–Crippen MR) is 83.4 cm³/mol. The molecule has 1 aliphatic carbocycles. The number of nitrogens with one attached hydrogen (secondary N) is 2. The van der Waals surface area contributed by atoms with Gasteiger partial charge in [0.1, 0.15) is 5.60 Å². The van der Waals surface area contributed by atoms with Crippen molar-refractivity contribution >= 4 is 6.09 Å². The number of hydrogen-bond donors (Lipinski definition) is 2. The summed E-state index contributed by atoms with van der Waals surface area (Å²) in [7, 11) is 0. The van der Waals surface area contributed by atoms with Crippen LogP contribution in [0.4, 0.5) is 4.79 Å². The number of nitrogens with zero attached hydrogens (tertiary/aromatic N) is 3. The minimum Gasteiger partial charge on any atom is -0.444 e. The smallest absolute Gasteiger partial charge is 0.407 e. The molecule has 22 heavy (non-hydrogen) atoms. The summed E-state index contributed by atoms with van der Waals surface area (Å²) >= 11 is 0. The molecule has 2 N–H and O–H groups in total. The van der Waals surface area contributed by atoms with Crippen LogP contribution in [0.1, 0.15) is 46.5 Å². The Morgan fingerprint density at radius 3 is 2.55 bits per heavy atom. The van der Waals surface area contributed by atoms with Gasteiger partial charge >= 0.3 is 6.09 Å². The van der Waals surface area contributed by atoms with E-state index in [9.17, 15) is 4.79 Å². The number of carbonyl (C=O) groups excluding carboxylic acids is 1. The molecule has 0 spiro atoms. The van der Waals surface area contributed by atoms with Crippen molar-refractivity contribution in [3.05, 3.63) is 12.4 Å². The lowest BCUT2D eigenvalue weighted by molar-refractivity contribution is 0.0490. The molecule has 7 heteroatoms. The van der Waals surface area contributed by atoms with Gasteiger partial charge in [0.05, 0.1) is 12.7 Å². The van der Waals surface area contributed by atoms with E-state index in [1.165, 1.54) is 0 Å². The molecule has 0 aliphatic heterocycles. The van der Waals surface area contributed by atoms with E-state index in [0.29, 0.717) is 6.04 Å². The van der Waals surface area contributed by atoms with Gasteiger partial charge in [-0.05, 0) is 46.5 Å². The summed E-state index contributed by atoms with van der Waals surface area (Å²) in [4.78, 5) is 11.7. The van der Waals surface area contributed by atoms with Gasteiger partial charge in [-0.1, -0.05) is 5.21 Å². The molecule has 1 saturated carbocycles. The van der Waals surface area contributed by atoms with Gasteiger partial charge in [-0.15, -0.1) is 5.10 Å². The number of ether oxygens (including phenoxy) is 1. The zero-order chi connectivity index (χ0) is 16.0. The highest BCUT2D eigenvalue weighted by atomic mass is 16.6. The first-order valence-electron chi connectivity index (χ1n) is 7.99. The largest absolute Gasteiger partial charge is 0.444 e. The second-order valence-electron chi connectivity index (χ2n) is 6.82. The molecule has 2 rings (SSSR count). The van der Waals surface area contributed by atoms with Crippen molar-refractivity contribution in [3.63, 3.8) is 0 Å². The third kappa shape index (κ3) is 6.01. The summed E-state index contributed by atoms with van der Waals surface area (Å²) in [6, 6.07) is 0.739. The number of carbonyl (C=O) groups is 1. The van der Waals surface area contributed by atoms with Gasteiger partial charge in [-0.3, -0.25) is 4.68 Å². The lowest BCUT2D eigenvalue weighted by Crippen LogP contribution is -2.44. The molecule has 0 bridgehead atoms. The van der Waals surface area contributed by atoms with Crippen molar-refractivity contribution in [1.82, 2.24) is 25.6 Å². The Labute approximate surface area is 131 Å². The summed E-state index contributed by atoms with van der Waals surface area (Å²) in [6.07, 6.45) is 7.35. The number of amides is 1. The molecule has 1 amide bonds. The molecule has 1 aliphatic rings. The second kappa shape index (κ2) is 7.58. The van der Waals surface area contributed by atoms with Crippen molar-refractivity contribution in [2.75, 3.05) is 6.54 Å². The van der Waals surface area contributed by atoms with Crippen molar-refractivity contribution in [2.45, 2.75) is 70.7 Å². The molecular formula is C15H27N5O2. The fourth-order valence-corrected chi connectivity index (χ4v) is 2.65. The van der Waals surface area contributed by atoms with E-state index in [-0.39, 0.29) is 12.1 Å². The molecule has 0 aromatic carbocycles. The zero-order valence-corrected chi connectivity index (χ0v) is 13.7. The zero-order valence-electron chi connectivity index (χ0n) is 13.7. The van der Waals surface area contributed by atoms with Crippen LogP contribution >= 0.6 is 0 Å². The van der Waals surface area contributed by atoms with Crippen LogP contribution in [-0.4, -0.2) is 45.3 Å². The Balaban J connectivity index is 1.60. The third-order valence-electron chi connectivity index (χ3n) is 3.69. The molecule has 1 heterocycles. The predicted octanol–water partition coefficient (Wildman–Crippen LogP) is 1.70. The second-order valence-corrected chi connectivity index (χ2v) is 6.82. The SMILES string of the molecule is CC(C)(C)OC(=O)NC1CCC(NCCn2ccnn2)CC1. The normalized spacial score (nSPS) is 22.3. The van der Waals surface area contributed by atoms with Crippen LogP contribution in [0.2, 0.25) is 0 Å². The van der Waals surface area contributed by atoms with Gasteiger partial charge in [-0.25, -0.2) is 4.79 Å². The first kappa shape index (κ1) is 16.7. The summed E-state index contributed by atoms with van der Waals surface area (Å²) < 4.78 is 7.11. The van der Waals surface area contributed by atoms with Crippen LogP contribution in [0.5, 0.6) is 0 Å². The third-order valence-corrected chi connectivity index (χ3v) is 3.69. The average molecular weight is 309 g/mol. The van der Waals surface area contributed by atoms with Crippen LogP contribution in [0.25, 0.3) is 0 Å². The fraction of sp³-hybridized carbons (Fsp3) is 0.800. The number of alkyl carbamates (subject to hydrolysis) is 1. The minimum atomic E-state index is -0.440. The van der Waals surface area contributed by atoms with Crippen LogP contribution in [0, 0.1) is 0 Å². The average Bonchev–Trinajstić information content (AvgIpc) is 2.92. The van der Waals surface area contributed by atoms with E-state index in [1.807, 2.05) is 31.6 Å². The lowest BCUT2D eigenvalue weighted by Gasteiger charge is -2.30. The summed E-state index contributed by atoms with van der Waals surface area (Å²) in [6.45, 7) is 7.35. The van der Waals surface area contributed by atoms with Crippen molar-refractivity contribution in [2.24, 2.45) is 0 Å². The molecule has 0 atom stereocenters. The highest BCUT2D eigenvalue weighted by Crippen LogP contribution is 2.19. The van der Waals surface area contributed by atoms with Crippen LogP contribution in [0.3, 0.4) is 0 Å². The topological polar surface area (TPSA) is 81.1 Å². The van der Waals surface area contributed by atoms with E-state index in [1.54, 1.807) is 6.20 Å². The van der Waals surface area contributed by atoms with E-state index in [2.05, 4.69) is 20.9 Å². The first-order valence-corrected chi connectivity index (χ1v) is 7.99. The molecule has 1 aromatic heterocycles. The molecule has 0 radical (unpaired) electrons. The Morgan fingerprint density at radius 2 is 1.95 bits per heavy atom. The molecular weight excluding hydrogens is 282 g/mol. The number of aromatic nitrogens is 3. The van der Waals surface area contributed by atoms with Gasteiger partial charge in [0.25, 0.3) is 0 Å². The Bertz CT molecular complexity index is 447. The molecule has 0 unspecified atom stereocenters. The summed E-state index contributed by atoms with van der Waals surface area (Å²) in [5.74, 6) is 0. The van der Waals surface area contributed by atoms with Gasteiger partial charge in [0.2, 0.25) is 0 Å². The summed E-state index contributed by atoms with van der Waals surface area (Å²) in [5, 5.41) is 14.2. The fourth-order valence-electron chi connectivity index (χ4n) is 2.65. The first-order chi connectivity index (χ1) is 10.4. The molecule has 124 valence electrons. The van der Waals surface area contributed by atoms with E-state index < -0.39 is 5.60 Å². The Hall–Kier alpha value is -1.63. The molecule has 1 fully saturated rings. The van der Waals surface area contributed by atoms with E-state index in [0.717, 1.165) is 38.8 Å². The standard InChI is InChI=1S/C15H27N5O2/c1-15(2,3)22-14(21)18-13-6-4-12(5-7-13)16-8-10-20-11-9-17-19-20/h9,11-13,16H,4-8,10H2,1-3H3,(H,18,21). The highest BCUT2D eigenvalue weighted by molar-refractivity contribution is 5.68. The maximum atomic E-state index is 11.7. The number of rotatable bonds is 5. The van der Waals surface area contributed by atoms with E-state index >= 15 is 0 Å². The van der Waals surface area contributed by atoms with Crippen LogP contribution in [-0.2, 0) is 11.3 Å². The monoisotopic (exact) mass is 309 g/mol. The van der Waals surface area contributed by atoms with Crippen LogP contribution in [0.15, 0.2) is 12.4 Å². The Kier molecular flexibility index (Phi) is 5.76. The molecule has 0 saturated heterocycles. The summed E-state index contributed by atoms with van der Waals surface area (Å²) in [5.41, 5.74) is -0.440. The van der Waals surface area contributed by atoms with Crippen molar-refractivity contribution in [1.29, 1.82) is 0 Å². The Morgan fingerprint density at radius 1 is 1.27 bits per heavy atom. The molecule has 1 aromatic rings. The van der Waals surface area contributed by atoms with Crippen molar-refractivity contribution in [3.8, 4) is 0 Å². The molecule has 7 nitrogen and oxygen atoms in total.